The Balaban J connectivity index is 2.31. The Kier molecular flexibility index (Phi) is 5.88. The zero-order valence-corrected chi connectivity index (χ0v) is 15.5. The number of hydrogen-bond donors (Lipinski definition) is 2. The third kappa shape index (κ3) is 4.74. The van der Waals surface area contributed by atoms with Crippen LogP contribution < -0.4 is 10.6 Å². The minimum Gasteiger partial charge on any atom is -0.419 e. The van der Waals surface area contributed by atoms with Crippen LogP contribution in [0, 0.1) is 0 Å². The summed E-state index contributed by atoms with van der Waals surface area (Å²) in [7, 11) is 0. The number of cyclic esters (lactones) is 2. The van der Waals surface area contributed by atoms with Gasteiger partial charge in [-0.05, 0) is 30.7 Å². The van der Waals surface area contributed by atoms with E-state index in [1.54, 1.807) is 0 Å². The highest BCUT2D eigenvalue weighted by Gasteiger charge is 2.41. The van der Waals surface area contributed by atoms with Gasteiger partial charge in [0.1, 0.15) is 5.82 Å². The van der Waals surface area contributed by atoms with Crippen molar-refractivity contribution in [2.45, 2.75) is 39.4 Å². The summed E-state index contributed by atoms with van der Waals surface area (Å²) in [4.78, 5) is 24.5. The smallest absolute Gasteiger partial charge is 0.352 e. The zero-order chi connectivity index (χ0) is 17.7. The Morgan fingerprint density at radius 3 is 2.25 bits per heavy atom. The molecule has 0 radical (unpaired) electrons. The molecule has 0 saturated carbocycles. The SMILES string of the molecule is CCCCNC(Nc1ccc(Br)cc1)=C1C(=O)OC(C)(C)OC1=O. The van der Waals surface area contributed by atoms with Crippen molar-refractivity contribution >= 4 is 33.6 Å². The largest absolute Gasteiger partial charge is 0.419 e. The van der Waals surface area contributed by atoms with E-state index < -0.39 is 17.7 Å². The topological polar surface area (TPSA) is 76.7 Å². The quantitative estimate of drug-likeness (QED) is 0.332. The van der Waals surface area contributed by atoms with Crippen LogP contribution in [0.15, 0.2) is 40.1 Å². The summed E-state index contributed by atoms with van der Waals surface area (Å²) >= 11 is 3.37. The van der Waals surface area contributed by atoms with Gasteiger partial charge in [-0.25, -0.2) is 9.59 Å². The Morgan fingerprint density at radius 2 is 1.71 bits per heavy atom. The highest BCUT2D eigenvalue weighted by atomic mass is 79.9. The molecule has 1 fully saturated rings. The molecular weight excluding hydrogens is 376 g/mol. The van der Waals surface area contributed by atoms with E-state index in [4.69, 9.17) is 9.47 Å². The van der Waals surface area contributed by atoms with Crippen LogP contribution in [0.25, 0.3) is 0 Å². The summed E-state index contributed by atoms with van der Waals surface area (Å²) in [5.74, 6) is -2.39. The van der Waals surface area contributed by atoms with Crippen molar-refractivity contribution < 1.29 is 19.1 Å². The lowest BCUT2D eigenvalue weighted by molar-refractivity contribution is -0.222. The van der Waals surface area contributed by atoms with Crippen LogP contribution in [0.1, 0.15) is 33.6 Å². The molecule has 24 heavy (non-hydrogen) atoms. The first-order valence-electron chi connectivity index (χ1n) is 7.80. The molecule has 130 valence electrons. The Morgan fingerprint density at radius 1 is 1.12 bits per heavy atom. The van der Waals surface area contributed by atoms with E-state index in [-0.39, 0.29) is 11.4 Å². The molecule has 7 heteroatoms. The second kappa shape index (κ2) is 7.70. The molecule has 0 atom stereocenters. The second-order valence-electron chi connectivity index (χ2n) is 5.84. The number of carbonyl (C=O) groups excluding carboxylic acids is 2. The monoisotopic (exact) mass is 396 g/mol. The summed E-state index contributed by atoms with van der Waals surface area (Å²) in [5, 5.41) is 6.17. The summed E-state index contributed by atoms with van der Waals surface area (Å²) in [6.45, 7) is 5.71. The summed E-state index contributed by atoms with van der Waals surface area (Å²) in [6.07, 6.45) is 1.88. The highest BCUT2D eigenvalue weighted by Crippen LogP contribution is 2.25. The Labute approximate surface area is 149 Å². The van der Waals surface area contributed by atoms with Crippen molar-refractivity contribution in [2.24, 2.45) is 0 Å². The van der Waals surface area contributed by atoms with Gasteiger partial charge in [-0.3, -0.25) is 0 Å². The predicted molar refractivity (Wildman–Crippen MR) is 94.0 cm³/mol. The fourth-order valence-corrected chi connectivity index (χ4v) is 2.38. The molecule has 2 rings (SSSR count). The minimum atomic E-state index is -1.26. The number of benzene rings is 1. The molecule has 1 aliphatic rings. The predicted octanol–water partition coefficient (Wildman–Crippen LogP) is 3.30. The van der Waals surface area contributed by atoms with Gasteiger partial charge in [-0.1, -0.05) is 29.3 Å². The average Bonchev–Trinajstić information content (AvgIpc) is 2.47. The van der Waals surface area contributed by atoms with Crippen molar-refractivity contribution in [3.8, 4) is 0 Å². The first kappa shape index (κ1) is 18.3. The molecule has 0 unspecified atom stereocenters. The maximum absolute atomic E-state index is 12.3. The van der Waals surface area contributed by atoms with Crippen molar-refractivity contribution in [3.05, 3.63) is 40.1 Å². The highest BCUT2D eigenvalue weighted by molar-refractivity contribution is 9.10. The van der Waals surface area contributed by atoms with Crippen LogP contribution in [-0.4, -0.2) is 24.3 Å². The van der Waals surface area contributed by atoms with Gasteiger partial charge in [-0.15, -0.1) is 0 Å². The van der Waals surface area contributed by atoms with Crippen LogP contribution in [-0.2, 0) is 19.1 Å². The van der Waals surface area contributed by atoms with Gasteiger partial charge in [0, 0.05) is 30.6 Å². The molecular formula is C17H21BrN2O4. The number of anilines is 1. The van der Waals surface area contributed by atoms with Crippen molar-refractivity contribution in [2.75, 3.05) is 11.9 Å². The molecule has 1 aromatic carbocycles. The lowest BCUT2D eigenvalue weighted by Crippen LogP contribution is -2.44. The van der Waals surface area contributed by atoms with E-state index in [1.807, 2.05) is 24.3 Å². The van der Waals surface area contributed by atoms with Gasteiger partial charge < -0.3 is 20.1 Å². The number of nitrogens with one attached hydrogen (secondary N) is 2. The third-order valence-electron chi connectivity index (χ3n) is 3.28. The zero-order valence-electron chi connectivity index (χ0n) is 13.9. The van der Waals surface area contributed by atoms with E-state index >= 15 is 0 Å². The fourth-order valence-electron chi connectivity index (χ4n) is 2.12. The standard InChI is InChI=1S/C17H21BrN2O4/c1-4-5-10-19-14(20-12-8-6-11(18)7-9-12)13-15(21)23-17(2,3)24-16(13)22/h6-9,19-20H,4-5,10H2,1-3H3. The summed E-state index contributed by atoms with van der Waals surface area (Å²) in [6, 6.07) is 7.37. The van der Waals surface area contributed by atoms with E-state index in [0.29, 0.717) is 6.54 Å². The second-order valence-corrected chi connectivity index (χ2v) is 6.76. The van der Waals surface area contributed by atoms with Crippen LogP contribution >= 0.6 is 15.9 Å². The molecule has 1 aliphatic heterocycles. The van der Waals surface area contributed by atoms with Crippen molar-refractivity contribution in [1.29, 1.82) is 0 Å². The number of halogens is 1. The number of hydrogen-bond acceptors (Lipinski definition) is 6. The molecule has 0 aliphatic carbocycles. The van der Waals surface area contributed by atoms with Gasteiger partial charge in [0.2, 0.25) is 0 Å². The maximum Gasteiger partial charge on any atom is 0.352 e. The molecule has 0 bridgehead atoms. The molecule has 0 aromatic heterocycles. The van der Waals surface area contributed by atoms with E-state index in [0.717, 1.165) is 23.0 Å². The van der Waals surface area contributed by atoms with E-state index in [2.05, 4.69) is 33.5 Å². The van der Waals surface area contributed by atoms with Crippen LogP contribution in [0.3, 0.4) is 0 Å². The first-order chi connectivity index (χ1) is 11.3. The number of ether oxygens (including phenoxy) is 2. The first-order valence-corrected chi connectivity index (χ1v) is 8.59. The van der Waals surface area contributed by atoms with Crippen LogP contribution in [0.2, 0.25) is 0 Å². The Bertz CT molecular complexity index is 631. The number of unbranched alkanes of at least 4 members (excludes halogenated alkanes) is 1. The summed E-state index contributed by atoms with van der Waals surface area (Å²) in [5.41, 5.74) is 0.573. The van der Waals surface area contributed by atoms with E-state index in [9.17, 15) is 9.59 Å². The minimum absolute atomic E-state index is 0.159. The fraction of sp³-hybridized carbons (Fsp3) is 0.412. The van der Waals surface area contributed by atoms with Gasteiger partial charge >= 0.3 is 11.9 Å². The third-order valence-corrected chi connectivity index (χ3v) is 3.81. The number of carbonyl (C=O) groups is 2. The van der Waals surface area contributed by atoms with Crippen LogP contribution in [0.4, 0.5) is 5.69 Å². The molecule has 6 nitrogen and oxygen atoms in total. The average molecular weight is 397 g/mol. The van der Waals surface area contributed by atoms with Gasteiger partial charge in [0.15, 0.2) is 5.57 Å². The lowest BCUT2D eigenvalue weighted by atomic mass is 10.2. The molecule has 1 aromatic rings. The van der Waals surface area contributed by atoms with Crippen LogP contribution in [0.5, 0.6) is 0 Å². The Hall–Kier alpha value is -2.02. The molecule has 1 saturated heterocycles. The molecule has 0 spiro atoms. The number of rotatable bonds is 6. The molecule has 1 heterocycles. The van der Waals surface area contributed by atoms with Crippen molar-refractivity contribution in [1.82, 2.24) is 5.32 Å². The maximum atomic E-state index is 12.3. The normalized spacial score (nSPS) is 16.2. The van der Waals surface area contributed by atoms with E-state index in [1.165, 1.54) is 13.8 Å². The molecule has 0 amide bonds. The van der Waals surface area contributed by atoms with Gasteiger partial charge in [0.25, 0.3) is 5.79 Å². The lowest BCUT2D eigenvalue weighted by Gasteiger charge is -2.31. The summed E-state index contributed by atoms with van der Waals surface area (Å²) < 4.78 is 11.3. The van der Waals surface area contributed by atoms with Gasteiger partial charge in [0.05, 0.1) is 0 Å². The van der Waals surface area contributed by atoms with Gasteiger partial charge in [-0.2, -0.15) is 0 Å². The molecule has 2 N–H and O–H groups in total. The number of esters is 2. The van der Waals surface area contributed by atoms with Crippen molar-refractivity contribution in [3.63, 3.8) is 0 Å².